The van der Waals surface area contributed by atoms with Crippen LogP contribution >= 0.6 is 0 Å². The van der Waals surface area contributed by atoms with E-state index in [1.807, 2.05) is 0 Å². The SMILES string of the molecule is CCO[Si](CC)(CCCCCN)OCC. The smallest absolute Gasteiger partial charge is 0.337 e. The first-order valence-corrected chi connectivity index (χ1v) is 8.45. The normalized spacial score (nSPS) is 12.0. The van der Waals surface area contributed by atoms with E-state index in [0.717, 1.165) is 38.3 Å². The second-order valence-electron chi connectivity index (χ2n) is 3.73. The van der Waals surface area contributed by atoms with Gasteiger partial charge in [0.25, 0.3) is 0 Å². The van der Waals surface area contributed by atoms with E-state index in [4.69, 9.17) is 14.6 Å². The fraction of sp³-hybridized carbons (Fsp3) is 1.00. The summed E-state index contributed by atoms with van der Waals surface area (Å²) in [6.45, 7) is 8.63. The molecule has 0 amide bonds. The van der Waals surface area contributed by atoms with Gasteiger partial charge in [0, 0.05) is 13.2 Å². The zero-order valence-electron chi connectivity index (χ0n) is 10.6. The van der Waals surface area contributed by atoms with Crippen molar-refractivity contribution in [1.82, 2.24) is 0 Å². The van der Waals surface area contributed by atoms with Crippen LogP contribution in [0.2, 0.25) is 12.1 Å². The zero-order valence-corrected chi connectivity index (χ0v) is 11.6. The number of hydrogen-bond acceptors (Lipinski definition) is 3. The summed E-state index contributed by atoms with van der Waals surface area (Å²) in [4.78, 5) is 0. The number of rotatable bonds is 10. The molecule has 0 aliphatic carbocycles. The molecule has 0 fully saturated rings. The Morgan fingerprint density at radius 1 is 0.933 bits per heavy atom. The van der Waals surface area contributed by atoms with Gasteiger partial charge in [0.2, 0.25) is 0 Å². The highest BCUT2D eigenvalue weighted by atomic mass is 28.4. The first-order valence-electron chi connectivity index (χ1n) is 6.22. The quantitative estimate of drug-likeness (QED) is 0.466. The fourth-order valence-corrected chi connectivity index (χ4v) is 4.78. The van der Waals surface area contributed by atoms with E-state index in [9.17, 15) is 0 Å². The van der Waals surface area contributed by atoms with E-state index >= 15 is 0 Å². The van der Waals surface area contributed by atoms with Crippen LogP contribution in [0.3, 0.4) is 0 Å². The first kappa shape index (κ1) is 15.1. The lowest BCUT2D eigenvalue weighted by atomic mass is 10.2. The highest BCUT2D eigenvalue weighted by Gasteiger charge is 2.33. The van der Waals surface area contributed by atoms with Gasteiger partial charge in [-0.05, 0) is 38.9 Å². The maximum Gasteiger partial charge on any atom is 0.337 e. The third kappa shape index (κ3) is 6.30. The van der Waals surface area contributed by atoms with E-state index in [-0.39, 0.29) is 0 Å². The molecule has 0 aromatic carbocycles. The van der Waals surface area contributed by atoms with Crippen molar-refractivity contribution in [2.45, 2.75) is 52.1 Å². The molecular formula is C11H27NO2Si. The van der Waals surface area contributed by atoms with Gasteiger partial charge in [-0.15, -0.1) is 0 Å². The summed E-state index contributed by atoms with van der Waals surface area (Å²) in [6, 6.07) is 2.17. The van der Waals surface area contributed by atoms with Crippen molar-refractivity contribution in [1.29, 1.82) is 0 Å². The predicted octanol–water partition coefficient (Wildman–Crippen LogP) is 2.65. The Kier molecular flexibility index (Phi) is 9.39. The lowest BCUT2D eigenvalue weighted by molar-refractivity contribution is 0.182. The molecule has 0 spiro atoms. The summed E-state index contributed by atoms with van der Waals surface area (Å²) < 4.78 is 11.8. The van der Waals surface area contributed by atoms with E-state index in [1.165, 1.54) is 12.8 Å². The minimum Gasteiger partial charge on any atom is -0.394 e. The van der Waals surface area contributed by atoms with Crippen molar-refractivity contribution in [3.8, 4) is 0 Å². The van der Waals surface area contributed by atoms with Gasteiger partial charge in [-0.2, -0.15) is 0 Å². The molecule has 3 nitrogen and oxygen atoms in total. The van der Waals surface area contributed by atoms with Crippen molar-refractivity contribution < 1.29 is 8.85 Å². The molecule has 0 heterocycles. The maximum absolute atomic E-state index is 5.88. The van der Waals surface area contributed by atoms with Crippen LogP contribution in [0.4, 0.5) is 0 Å². The Hall–Kier alpha value is 0.0969. The van der Waals surface area contributed by atoms with Crippen LogP contribution in [0, 0.1) is 0 Å². The molecule has 15 heavy (non-hydrogen) atoms. The molecule has 0 saturated heterocycles. The average Bonchev–Trinajstić information content (AvgIpc) is 2.25. The topological polar surface area (TPSA) is 44.5 Å². The van der Waals surface area contributed by atoms with Crippen LogP contribution in [-0.2, 0) is 8.85 Å². The highest BCUT2D eigenvalue weighted by Crippen LogP contribution is 2.22. The minimum absolute atomic E-state index is 0.775. The molecule has 0 aromatic heterocycles. The van der Waals surface area contributed by atoms with Gasteiger partial charge in [0.15, 0.2) is 0 Å². The lowest BCUT2D eigenvalue weighted by Crippen LogP contribution is -2.41. The van der Waals surface area contributed by atoms with Crippen molar-refractivity contribution in [2.75, 3.05) is 19.8 Å². The van der Waals surface area contributed by atoms with Crippen LogP contribution in [0.15, 0.2) is 0 Å². The van der Waals surface area contributed by atoms with E-state index in [1.54, 1.807) is 0 Å². The molecule has 0 bridgehead atoms. The van der Waals surface area contributed by atoms with Crippen LogP contribution in [-0.4, -0.2) is 28.3 Å². The van der Waals surface area contributed by atoms with Gasteiger partial charge in [-0.25, -0.2) is 0 Å². The van der Waals surface area contributed by atoms with E-state index in [2.05, 4.69) is 20.8 Å². The summed E-state index contributed by atoms with van der Waals surface area (Å²) in [5.41, 5.74) is 5.48. The Labute approximate surface area is 95.6 Å². The number of hydrogen-bond donors (Lipinski definition) is 1. The molecule has 0 radical (unpaired) electrons. The third-order valence-electron chi connectivity index (χ3n) is 2.62. The summed E-state index contributed by atoms with van der Waals surface area (Å²) in [5.74, 6) is 0. The molecule has 0 unspecified atom stereocenters. The summed E-state index contributed by atoms with van der Waals surface area (Å²) >= 11 is 0. The zero-order chi connectivity index (χ0) is 11.6. The highest BCUT2D eigenvalue weighted by molar-refractivity contribution is 6.67. The largest absolute Gasteiger partial charge is 0.394 e. The van der Waals surface area contributed by atoms with Crippen LogP contribution < -0.4 is 5.73 Å². The average molecular weight is 233 g/mol. The molecule has 0 aromatic rings. The first-order chi connectivity index (χ1) is 7.24. The van der Waals surface area contributed by atoms with E-state index < -0.39 is 8.56 Å². The monoisotopic (exact) mass is 233 g/mol. The molecule has 4 heteroatoms. The lowest BCUT2D eigenvalue weighted by Gasteiger charge is -2.28. The second kappa shape index (κ2) is 9.33. The van der Waals surface area contributed by atoms with E-state index in [0.29, 0.717) is 0 Å². The predicted molar refractivity (Wildman–Crippen MR) is 67.2 cm³/mol. The summed E-state index contributed by atoms with van der Waals surface area (Å²) in [5, 5.41) is 0. The third-order valence-corrected chi connectivity index (χ3v) is 6.44. The minimum atomic E-state index is -1.86. The second-order valence-corrected chi connectivity index (χ2v) is 7.34. The molecule has 0 aliphatic rings. The van der Waals surface area contributed by atoms with Crippen LogP contribution in [0.5, 0.6) is 0 Å². The fourth-order valence-electron chi connectivity index (χ4n) is 1.81. The molecule has 2 N–H and O–H groups in total. The van der Waals surface area contributed by atoms with Crippen LogP contribution in [0.1, 0.15) is 40.0 Å². The van der Waals surface area contributed by atoms with Gasteiger partial charge < -0.3 is 14.6 Å². The van der Waals surface area contributed by atoms with Crippen molar-refractivity contribution in [3.63, 3.8) is 0 Å². The molecule has 0 atom stereocenters. The molecule has 0 rings (SSSR count). The van der Waals surface area contributed by atoms with Gasteiger partial charge in [0.1, 0.15) is 0 Å². The number of unbranched alkanes of at least 4 members (excludes halogenated alkanes) is 2. The Bertz CT molecular complexity index is 139. The number of nitrogens with two attached hydrogens (primary N) is 1. The van der Waals surface area contributed by atoms with Gasteiger partial charge in [-0.3, -0.25) is 0 Å². The molecule has 92 valence electrons. The molecular weight excluding hydrogens is 206 g/mol. The summed E-state index contributed by atoms with van der Waals surface area (Å²) in [6.07, 6.45) is 3.51. The Morgan fingerprint density at radius 2 is 1.53 bits per heavy atom. The standard InChI is InChI=1S/C11H27NO2Si/c1-4-13-15(6-3,14-5-2)11-9-7-8-10-12/h4-12H2,1-3H3. The van der Waals surface area contributed by atoms with Crippen molar-refractivity contribution in [2.24, 2.45) is 5.73 Å². The Balaban J connectivity index is 3.96. The Morgan fingerprint density at radius 3 is 1.93 bits per heavy atom. The van der Waals surface area contributed by atoms with Crippen molar-refractivity contribution in [3.05, 3.63) is 0 Å². The maximum atomic E-state index is 5.88. The van der Waals surface area contributed by atoms with Crippen molar-refractivity contribution >= 4 is 8.56 Å². The summed E-state index contributed by atoms with van der Waals surface area (Å²) in [7, 11) is -1.86. The van der Waals surface area contributed by atoms with Gasteiger partial charge in [0.05, 0.1) is 0 Å². The van der Waals surface area contributed by atoms with Gasteiger partial charge in [-0.1, -0.05) is 19.8 Å². The molecule has 0 saturated carbocycles. The molecule has 0 aliphatic heterocycles. The van der Waals surface area contributed by atoms with Gasteiger partial charge >= 0.3 is 8.56 Å². The van der Waals surface area contributed by atoms with Crippen LogP contribution in [0.25, 0.3) is 0 Å².